The minimum Gasteiger partial charge on any atom is -0.480 e. The lowest BCUT2D eigenvalue weighted by molar-refractivity contribution is -0.141. The quantitative estimate of drug-likeness (QED) is 0.625. The van der Waals surface area contributed by atoms with Crippen molar-refractivity contribution in [3.05, 3.63) is 0 Å². The van der Waals surface area contributed by atoms with E-state index in [1.807, 2.05) is 0 Å². The molecule has 8 nitrogen and oxygen atoms in total. The predicted molar refractivity (Wildman–Crippen MR) is 66.0 cm³/mol. The topological polar surface area (TPSA) is 113 Å². The van der Waals surface area contributed by atoms with Gasteiger partial charge in [0.2, 0.25) is 15.9 Å². The Labute approximate surface area is 111 Å². The lowest BCUT2D eigenvalue weighted by atomic mass is 10.3. The molecule has 9 heteroatoms. The van der Waals surface area contributed by atoms with Gasteiger partial charge in [-0.25, -0.2) is 8.42 Å². The highest BCUT2D eigenvalue weighted by atomic mass is 32.2. The normalized spacial score (nSPS) is 18.8. The number of carboxylic acid groups (broad SMARTS) is 1. The number of nitrogens with zero attached hydrogens (tertiary/aromatic N) is 1. The molecule has 1 rings (SSSR count). The van der Waals surface area contributed by atoms with Crippen LogP contribution in [0.25, 0.3) is 0 Å². The second-order valence-electron chi connectivity index (χ2n) is 4.20. The number of morpholine rings is 1. The summed E-state index contributed by atoms with van der Waals surface area (Å²) in [5.74, 6) is -2.08. The van der Waals surface area contributed by atoms with Crippen LogP contribution in [0.5, 0.6) is 0 Å². The molecular weight excluding hydrogens is 276 g/mol. The van der Waals surface area contributed by atoms with Crippen molar-refractivity contribution >= 4 is 21.9 Å². The van der Waals surface area contributed by atoms with E-state index >= 15 is 0 Å². The highest BCUT2D eigenvalue weighted by Crippen LogP contribution is 2.06. The molecule has 0 saturated carbocycles. The van der Waals surface area contributed by atoms with Gasteiger partial charge < -0.3 is 15.2 Å². The van der Waals surface area contributed by atoms with Gasteiger partial charge >= 0.3 is 5.97 Å². The van der Waals surface area contributed by atoms with Crippen molar-refractivity contribution in [3.63, 3.8) is 0 Å². The molecule has 1 heterocycles. The van der Waals surface area contributed by atoms with E-state index in [1.165, 1.54) is 11.2 Å². The van der Waals surface area contributed by atoms with Crippen molar-refractivity contribution in [1.82, 2.24) is 9.62 Å². The van der Waals surface area contributed by atoms with Crippen molar-refractivity contribution in [2.45, 2.75) is 19.4 Å². The van der Waals surface area contributed by atoms with Crippen LogP contribution in [0.1, 0.15) is 13.3 Å². The van der Waals surface area contributed by atoms with Gasteiger partial charge in [0, 0.05) is 19.5 Å². The summed E-state index contributed by atoms with van der Waals surface area (Å²) in [6.07, 6.45) is -0.253. The Morgan fingerprint density at radius 3 is 2.47 bits per heavy atom. The third-order valence-corrected chi connectivity index (χ3v) is 4.57. The molecule has 1 saturated heterocycles. The molecule has 1 aliphatic rings. The summed E-state index contributed by atoms with van der Waals surface area (Å²) in [6.45, 7) is 2.59. The van der Waals surface area contributed by atoms with Crippen LogP contribution in [0.4, 0.5) is 0 Å². The fourth-order valence-electron chi connectivity index (χ4n) is 1.55. The SMILES string of the molecule is C[C@H](NC(=O)CCS(=O)(=O)N1CCOCC1)C(=O)O. The zero-order valence-electron chi connectivity index (χ0n) is 10.7. The van der Waals surface area contributed by atoms with Crippen LogP contribution in [-0.2, 0) is 24.3 Å². The third kappa shape index (κ3) is 5.13. The van der Waals surface area contributed by atoms with Gasteiger partial charge in [0.05, 0.1) is 19.0 Å². The molecular formula is C10H18N2O6S. The summed E-state index contributed by atoms with van der Waals surface area (Å²) in [7, 11) is -3.49. The van der Waals surface area contributed by atoms with Crippen molar-refractivity contribution in [1.29, 1.82) is 0 Å². The summed E-state index contributed by atoms with van der Waals surface area (Å²) in [4.78, 5) is 21.9. The maximum Gasteiger partial charge on any atom is 0.325 e. The van der Waals surface area contributed by atoms with Crippen LogP contribution in [0, 0.1) is 0 Å². The Hall–Kier alpha value is -1.19. The van der Waals surface area contributed by atoms with Crippen molar-refractivity contribution in [2.24, 2.45) is 0 Å². The number of carbonyl (C=O) groups is 2. The van der Waals surface area contributed by atoms with E-state index in [0.717, 1.165) is 0 Å². The number of hydrogen-bond acceptors (Lipinski definition) is 5. The molecule has 2 N–H and O–H groups in total. The monoisotopic (exact) mass is 294 g/mol. The molecule has 19 heavy (non-hydrogen) atoms. The smallest absolute Gasteiger partial charge is 0.325 e. The number of nitrogens with one attached hydrogen (secondary N) is 1. The van der Waals surface area contributed by atoms with E-state index in [0.29, 0.717) is 13.2 Å². The first-order chi connectivity index (χ1) is 8.83. The Kier molecular flexibility index (Phi) is 5.70. The number of hydrogen-bond donors (Lipinski definition) is 2. The van der Waals surface area contributed by atoms with E-state index < -0.39 is 27.9 Å². The molecule has 0 aromatic rings. The van der Waals surface area contributed by atoms with Gasteiger partial charge in [0.25, 0.3) is 0 Å². The molecule has 0 aromatic heterocycles. The van der Waals surface area contributed by atoms with Crippen LogP contribution >= 0.6 is 0 Å². The minimum absolute atomic E-state index is 0.253. The number of carboxylic acids is 1. The van der Waals surface area contributed by atoms with Crippen LogP contribution in [0.3, 0.4) is 0 Å². The van der Waals surface area contributed by atoms with Gasteiger partial charge in [-0.3, -0.25) is 9.59 Å². The van der Waals surface area contributed by atoms with Gasteiger partial charge in [-0.05, 0) is 6.92 Å². The van der Waals surface area contributed by atoms with Crippen LogP contribution in [0.15, 0.2) is 0 Å². The largest absolute Gasteiger partial charge is 0.480 e. The summed E-state index contributed by atoms with van der Waals surface area (Å²) < 4.78 is 30.1. The number of aliphatic carboxylic acids is 1. The fourth-order valence-corrected chi connectivity index (χ4v) is 2.96. The summed E-state index contributed by atoms with van der Waals surface area (Å²) in [5.41, 5.74) is 0. The second kappa shape index (κ2) is 6.83. The maximum absolute atomic E-state index is 11.9. The van der Waals surface area contributed by atoms with E-state index in [9.17, 15) is 18.0 Å². The highest BCUT2D eigenvalue weighted by Gasteiger charge is 2.25. The number of ether oxygens (including phenoxy) is 1. The lowest BCUT2D eigenvalue weighted by Gasteiger charge is -2.25. The second-order valence-corrected chi connectivity index (χ2v) is 6.29. The first-order valence-corrected chi connectivity index (χ1v) is 7.51. The number of amides is 1. The molecule has 0 spiro atoms. The lowest BCUT2D eigenvalue weighted by Crippen LogP contribution is -2.43. The average molecular weight is 294 g/mol. The van der Waals surface area contributed by atoms with E-state index in [4.69, 9.17) is 9.84 Å². The van der Waals surface area contributed by atoms with Gasteiger partial charge in [0.1, 0.15) is 6.04 Å². The third-order valence-electron chi connectivity index (χ3n) is 2.70. The molecule has 0 bridgehead atoms. The van der Waals surface area contributed by atoms with Crippen molar-refractivity contribution < 1.29 is 27.9 Å². The Balaban J connectivity index is 2.42. The molecule has 1 amide bonds. The van der Waals surface area contributed by atoms with Gasteiger partial charge in [-0.1, -0.05) is 0 Å². The van der Waals surface area contributed by atoms with E-state index in [1.54, 1.807) is 0 Å². The fraction of sp³-hybridized carbons (Fsp3) is 0.800. The first kappa shape index (κ1) is 15.9. The first-order valence-electron chi connectivity index (χ1n) is 5.90. The summed E-state index contributed by atoms with van der Waals surface area (Å²) in [6, 6.07) is -1.03. The molecule has 0 aromatic carbocycles. The average Bonchev–Trinajstić information content (AvgIpc) is 2.37. The van der Waals surface area contributed by atoms with Crippen LogP contribution < -0.4 is 5.32 Å². The number of sulfonamides is 1. The molecule has 1 aliphatic heterocycles. The van der Waals surface area contributed by atoms with Crippen molar-refractivity contribution in [2.75, 3.05) is 32.1 Å². The Morgan fingerprint density at radius 1 is 1.37 bits per heavy atom. The molecule has 0 unspecified atom stereocenters. The number of carbonyl (C=O) groups excluding carboxylic acids is 1. The van der Waals surface area contributed by atoms with E-state index in [2.05, 4.69) is 5.32 Å². The zero-order chi connectivity index (χ0) is 14.5. The molecule has 1 atom stereocenters. The van der Waals surface area contributed by atoms with Crippen LogP contribution in [0.2, 0.25) is 0 Å². The standard InChI is InChI=1S/C10H18N2O6S/c1-8(10(14)15)11-9(13)2-7-19(16,17)12-3-5-18-6-4-12/h8H,2-7H2,1H3,(H,11,13)(H,14,15)/t8-/m0/s1. The van der Waals surface area contributed by atoms with Gasteiger partial charge in [0.15, 0.2) is 0 Å². The molecule has 0 radical (unpaired) electrons. The highest BCUT2D eigenvalue weighted by molar-refractivity contribution is 7.89. The van der Waals surface area contributed by atoms with Gasteiger partial charge in [-0.15, -0.1) is 0 Å². The Bertz CT molecular complexity index is 429. The molecule has 0 aliphatic carbocycles. The minimum atomic E-state index is -3.49. The molecule has 110 valence electrons. The van der Waals surface area contributed by atoms with Crippen LogP contribution in [-0.4, -0.2) is 67.8 Å². The predicted octanol–water partition coefficient (Wildman–Crippen LogP) is -1.37. The zero-order valence-corrected chi connectivity index (χ0v) is 11.5. The maximum atomic E-state index is 11.9. The molecule has 1 fully saturated rings. The van der Waals surface area contributed by atoms with E-state index in [-0.39, 0.29) is 25.3 Å². The Morgan fingerprint density at radius 2 is 1.95 bits per heavy atom. The summed E-state index contributed by atoms with van der Waals surface area (Å²) in [5, 5.41) is 10.8. The summed E-state index contributed by atoms with van der Waals surface area (Å²) >= 11 is 0. The number of rotatable bonds is 6. The van der Waals surface area contributed by atoms with Crippen molar-refractivity contribution in [3.8, 4) is 0 Å². The van der Waals surface area contributed by atoms with Gasteiger partial charge in [-0.2, -0.15) is 4.31 Å².